The molecule has 4 nitrogen and oxygen atoms in total. The summed E-state index contributed by atoms with van der Waals surface area (Å²) in [7, 11) is 3.54. The molecule has 0 unspecified atom stereocenters. The van der Waals surface area contributed by atoms with Gasteiger partial charge in [0.2, 0.25) is 0 Å². The lowest BCUT2D eigenvalue weighted by molar-refractivity contribution is -0.136. The van der Waals surface area contributed by atoms with Gasteiger partial charge in [0.1, 0.15) is 5.75 Å². The molecule has 19 heavy (non-hydrogen) atoms. The highest BCUT2D eigenvalue weighted by Crippen LogP contribution is 2.25. The number of aliphatic carboxylic acids is 1. The van der Waals surface area contributed by atoms with Crippen LogP contribution in [0.4, 0.5) is 5.69 Å². The fraction of sp³-hybridized carbons (Fsp3) is 0.267. The molecule has 1 N–H and O–H groups in total. The van der Waals surface area contributed by atoms with Crippen LogP contribution in [0.3, 0.4) is 0 Å². The van der Waals surface area contributed by atoms with Gasteiger partial charge in [0.15, 0.2) is 0 Å². The Morgan fingerprint density at radius 1 is 1.21 bits per heavy atom. The van der Waals surface area contributed by atoms with Crippen LogP contribution in [-0.4, -0.2) is 31.8 Å². The molecule has 0 fully saturated rings. The zero-order chi connectivity index (χ0) is 13.8. The lowest BCUT2D eigenvalue weighted by atomic mass is 10.1. The Kier molecular flexibility index (Phi) is 3.90. The van der Waals surface area contributed by atoms with E-state index in [4.69, 9.17) is 9.84 Å². The summed E-state index contributed by atoms with van der Waals surface area (Å²) < 4.78 is 5.19. The smallest absolute Gasteiger partial charge is 0.305 e. The quantitative estimate of drug-likeness (QED) is 0.897. The molecule has 0 bridgehead atoms. The highest BCUT2D eigenvalue weighted by atomic mass is 16.5. The average Bonchev–Trinajstić information content (AvgIpc) is 2.43. The number of nitrogens with zero attached hydrogens (tertiary/aromatic N) is 1. The molecule has 0 aliphatic carbocycles. The first-order valence-electron chi connectivity index (χ1n) is 6.11. The number of hydrogen-bond donors (Lipinski definition) is 1. The van der Waals surface area contributed by atoms with E-state index in [1.54, 1.807) is 7.11 Å². The second-order valence-electron chi connectivity index (χ2n) is 4.46. The van der Waals surface area contributed by atoms with Gasteiger partial charge in [-0.3, -0.25) is 4.79 Å². The largest absolute Gasteiger partial charge is 0.497 e. The Balaban J connectivity index is 2.23. The topological polar surface area (TPSA) is 49.8 Å². The second kappa shape index (κ2) is 5.61. The highest BCUT2D eigenvalue weighted by Gasteiger charge is 2.05. The molecule has 0 radical (unpaired) electrons. The van der Waals surface area contributed by atoms with Gasteiger partial charge in [0, 0.05) is 19.3 Å². The molecule has 2 rings (SSSR count). The zero-order valence-electron chi connectivity index (χ0n) is 11.1. The van der Waals surface area contributed by atoms with E-state index in [9.17, 15) is 4.79 Å². The average molecular weight is 259 g/mol. The van der Waals surface area contributed by atoms with Gasteiger partial charge in [-0.05, 0) is 35.0 Å². The molecule has 0 spiro atoms. The number of methoxy groups -OCH3 is 1. The summed E-state index contributed by atoms with van der Waals surface area (Å²) in [5, 5.41) is 10.9. The monoisotopic (exact) mass is 259 g/mol. The molecule has 0 saturated heterocycles. The molecule has 4 heteroatoms. The lowest BCUT2D eigenvalue weighted by Gasteiger charge is -2.18. The van der Waals surface area contributed by atoms with E-state index in [1.165, 1.54) is 0 Å². The molecule has 0 aromatic heterocycles. The van der Waals surface area contributed by atoms with Crippen LogP contribution in [0.25, 0.3) is 10.8 Å². The fourth-order valence-corrected chi connectivity index (χ4v) is 1.97. The Hall–Kier alpha value is -2.23. The number of carboxylic acids is 1. The van der Waals surface area contributed by atoms with Crippen molar-refractivity contribution in [3.63, 3.8) is 0 Å². The van der Waals surface area contributed by atoms with Crippen molar-refractivity contribution in [2.45, 2.75) is 6.42 Å². The van der Waals surface area contributed by atoms with Crippen molar-refractivity contribution < 1.29 is 14.6 Å². The van der Waals surface area contributed by atoms with Gasteiger partial charge in [-0.15, -0.1) is 0 Å². The number of anilines is 1. The first-order chi connectivity index (χ1) is 9.10. The van der Waals surface area contributed by atoms with Crippen LogP contribution < -0.4 is 9.64 Å². The molecule has 100 valence electrons. The Morgan fingerprint density at radius 2 is 1.89 bits per heavy atom. The van der Waals surface area contributed by atoms with Gasteiger partial charge >= 0.3 is 5.97 Å². The number of carboxylic acid groups (broad SMARTS) is 1. The molecule has 0 aliphatic rings. The van der Waals surface area contributed by atoms with E-state index in [0.717, 1.165) is 22.2 Å². The Labute approximate surface area is 112 Å². The lowest BCUT2D eigenvalue weighted by Crippen LogP contribution is -2.20. The van der Waals surface area contributed by atoms with Crippen LogP contribution in [0.2, 0.25) is 0 Å². The zero-order valence-corrected chi connectivity index (χ0v) is 11.1. The van der Waals surface area contributed by atoms with Gasteiger partial charge in [0.05, 0.1) is 13.5 Å². The third-order valence-electron chi connectivity index (χ3n) is 3.13. The normalized spacial score (nSPS) is 10.4. The number of carbonyl (C=O) groups is 1. The van der Waals surface area contributed by atoms with Crippen LogP contribution in [0, 0.1) is 0 Å². The Morgan fingerprint density at radius 3 is 2.58 bits per heavy atom. The van der Waals surface area contributed by atoms with Crippen LogP contribution >= 0.6 is 0 Å². The summed E-state index contributed by atoms with van der Waals surface area (Å²) in [5.41, 5.74) is 1.01. The third-order valence-corrected chi connectivity index (χ3v) is 3.13. The minimum atomic E-state index is -0.780. The first-order valence-corrected chi connectivity index (χ1v) is 6.11. The molecule has 0 amide bonds. The second-order valence-corrected chi connectivity index (χ2v) is 4.46. The standard InChI is InChI=1S/C15H17NO3/c1-16(8-7-15(17)18)13-5-3-12-10-14(19-2)6-4-11(12)9-13/h3-6,9-10H,7-8H2,1-2H3,(H,17,18). The number of benzene rings is 2. The fourth-order valence-electron chi connectivity index (χ4n) is 1.97. The molecule has 2 aromatic rings. The maximum atomic E-state index is 10.6. The summed E-state index contributed by atoms with van der Waals surface area (Å²) in [4.78, 5) is 12.5. The van der Waals surface area contributed by atoms with Crippen molar-refractivity contribution in [3.8, 4) is 5.75 Å². The third kappa shape index (κ3) is 3.16. The van der Waals surface area contributed by atoms with E-state index in [0.29, 0.717) is 6.54 Å². The molecule has 0 saturated carbocycles. The van der Waals surface area contributed by atoms with Crippen molar-refractivity contribution in [1.29, 1.82) is 0 Å². The first kappa shape index (κ1) is 13.2. The van der Waals surface area contributed by atoms with Gasteiger partial charge < -0.3 is 14.7 Å². The molecule has 0 aliphatic heterocycles. The van der Waals surface area contributed by atoms with Crippen molar-refractivity contribution in [2.75, 3.05) is 25.6 Å². The van der Waals surface area contributed by atoms with E-state index >= 15 is 0 Å². The maximum Gasteiger partial charge on any atom is 0.305 e. The molecule has 0 atom stereocenters. The molecular formula is C15H17NO3. The van der Waals surface area contributed by atoms with E-state index in [1.807, 2.05) is 42.3 Å². The van der Waals surface area contributed by atoms with Crippen molar-refractivity contribution in [1.82, 2.24) is 0 Å². The van der Waals surface area contributed by atoms with Crippen LogP contribution in [0.5, 0.6) is 5.75 Å². The van der Waals surface area contributed by atoms with Crippen LogP contribution in [0.15, 0.2) is 36.4 Å². The van der Waals surface area contributed by atoms with Gasteiger partial charge in [-0.25, -0.2) is 0 Å². The molecule has 0 heterocycles. The van der Waals surface area contributed by atoms with Crippen molar-refractivity contribution in [3.05, 3.63) is 36.4 Å². The van der Waals surface area contributed by atoms with E-state index < -0.39 is 5.97 Å². The Bertz CT molecular complexity index is 595. The number of ether oxygens (including phenoxy) is 1. The summed E-state index contributed by atoms with van der Waals surface area (Å²) in [5.74, 6) is 0.0526. The van der Waals surface area contributed by atoms with E-state index in [-0.39, 0.29) is 6.42 Å². The predicted molar refractivity (Wildman–Crippen MR) is 76.0 cm³/mol. The van der Waals surface area contributed by atoms with Gasteiger partial charge in [0.25, 0.3) is 0 Å². The minimum absolute atomic E-state index is 0.136. The van der Waals surface area contributed by atoms with Crippen molar-refractivity contribution >= 4 is 22.4 Å². The SMILES string of the molecule is COc1ccc2cc(N(C)CCC(=O)O)ccc2c1. The minimum Gasteiger partial charge on any atom is -0.497 e. The number of rotatable bonds is 5. The number of fused-ring (bicyclic) bond motifs is 1. The number of hydrogen-bond acceptors (Lipinski definition) is 3. The highest BCUT2D eigenvalue weighted by molar-refractivity contribution is 5.87. The van der Waals surface area contributed by atoms with Gasteiger partial charge in [-0.1, -0.05) is 12.1 Å². The van der Waals surface area contributed by atoms with E-state index in [2.05, 4.69) is 6.07 Å². The summed E-state index contributed by atoms with van der Waals surface area (Å²) in [6.45, 7) is 0.497. The summed E-state index contributed by atoms with van der Waals surface area (Å²) in [6.07, 6.45) is 0.136. The maximum absolute atomic E-state index is 10.6. The van der Waals surface area contributed by atoms with Gasteiger partial charge in [-0.2, -0.15) is 0 Å². The summed E-state index contributed by atoms with van der Waals surface area (Å²) >= 11 is 0. The summed E-state index contributed by atoms with van der Waals surface area (Å²) in [6, 6.07) is 12.0. The van der Waals surface area contributed by atoms with Crippen LogP contribution in [0.1, 0.15) is 6.42 Å². The van der Waals surface area contributed by atoms with Crippen LogP contribution in [-0.2, 0) is 4.79 Å². The molecule has 2 aromatic carbocycles. The predicted octanol–water partition coefficient (Wildman–Crippen LogP) is 2.76. The van der Waals surface area contributed by atoms with Crippen molar-refractivity contribution in [2.24, 2.45) is 0 Å². The molecular weight excluding hydrogens is 242 g/mol.